The normalized spacial score (nSPS) is 15.1. The Labute approximate surface area is 107 Å². The van der Waals surface area contributed by atoms with Crippen molar-refractivity contribution in [1.29, 1.82) is 0 Å². The summed E-state index contributed by atoms with van der Waals surface area (Å²) < 4.78 is 4.65. The van der Waals surface area contributed by atoms with E-state index < -0.39 is 0 Å². The van der Waals surface area contributed by atoms with Crippen LogP contribution in [0.25, 0.3) is 16.8 Å². The molecule has 0 radical (unpaired) electrons. The van der Waals surface area contributed by atoms with Gasteiger partial charge in [0.05, 0.1) is 6.54 Å². The fraction of sp³-hybridized carbons (Fsp3) is 0.188. The van der Waals surface area contributed by atoms with Crippen molar-refractivity contribution in [3.05, 3.63) is 53.6 Å². The third-order valence-corrected chi connectivity index (χ3v) is 3.15. The van der Waals surface area contributed by atoms with Crippen LogP contribution in [0.4, 0.5) is 0 Å². The van der Waals surface area contributed by atoms with Crippen molar-refractivity contribution in [3.8, 4) is 0 Å². The lowest BCUT2D eigenvalue weighted by atomic mass is 9.93. The highest BCUT2D eigenvalue weighted by Crippen LogP contribution is 2.27. The molecule has 4 rings (SSSR count). The van der Waals surface area contributed by atoms with Gasteiger partial charge in [-0.1, -0.05) is 48.6 Å². The third kappa shape index (κ3) is 2.14. The fourth-order valence-electron chi connectivity index (χ4n) is 2.34. The van der Waals surface area contributed by atoms with Gasteiger partial charge in [-0.3, -0.25) is 4.99 Å². The second-order valence-corrected chi connectivity index (χ2v) is 4.35. The van der Waals surface area contributed by atoms with Gasteiger partial charge in [-0.05, 0) is 28.3 Å². The zero-order valence-electron chi connectivity index (χ0n) is 10.2. The van der Waals surface area contributed by atoms with Gasteiger partial charge in [0.2, 0.25) is 0 Å². The van der Waals surface area contributed by atoms with Gasteiger partial charge in [0.1, 0.15) is 6.61 Å². The predicted octanol–water partition coefficient (Wildman–Crippen LogP) is 3.45. The molecule has 0 N–H and O–H groups in total. The van der Waals surface area contributed by atoms with Crippen molar-refractivity contribution in [2.45, 2.75) is 6.42 Å². The number of benzene rings is 2. The largest absolute Gasteiger partial charge is 0.482 e. The van der Waals surface area contributed by atoms with Gasteiger partial charge >= 0.3 is 0 Å². The van der Waals surface area contributed by atoms with E-state index in [-0.39, 0.29) is 0 Å². The van der Waals surface area contributed by atoms with Crippen LogP contribution >= 0.6 is 0 Å². The SMILES string of the molecule is C1=Cc2cccc3cccc(c23)C1.C1=NCCO1. The van der Waals surface area contributed by atoms with Crippen LogP contribution < -0.4 is 0 Å². The van der Waals surface area contributed by atoms with Gasteiger partial charge < -0.3 is 4.74 Å². The van der Waals surface area contributed by atoms with Crippen molar-refractivity contribution in [2.75, 3.05) is 13.2 Å². The Bertz CT molecular complexity index is 602. The molecule has 1 aliphatic carbocycles. The molecule has 0 spiro atoms. The number of ether oxygens (including phenoxy) is 1. The lowest BCUT2D eigenvalue weighted by Crippen LogP contribution is -1.91. The molecular formula is C16H15NO. The first kappa shape index (κ1) is 11.0. The lowest BCUT2D eigenvalue weighted by Gasteiger charge is -2.11. The quantitative estimate of drug-likeness (QED) is 0.687. The molecule has 0 aromatic heterocycles. The summed E-state index contributed by atoms with van der Waals surface area (Å²) in [5, 5.41) is 2.80. The molecule has 90 valence electrons. The van der Waals surface area contributed by atoms with Crippen LogP contribution in [0.5, 0.6) is 0 Å². The van der Waals surface area contributed by atoms with E-state index in [9.17, 15) is 0 Å². The number of hydrogen-bond acceptors (Lipinski definition) is 2. The molecule has 0 fully saturated rings. The standard InChI is InChI=1S/C13H10.C3H5NO/c1-4-10-6-2-8-12-9-3-7-11(5-1)13(10)12;1-2-5-3-4-1/h1-8H,9H2;3H,1-2H2. The van der Waals surface area contributed by atoms with Crippen LogP contribution in [0, 0.1) is 0 Å². The number of hydrogen-bond donors (Lipinski definition) is 0. The maximum Gasteiger partial charge on any atom is 0.169 e. The minimum atomic E-state index is 0.778. The molecule has 0 atom stereocenters. The second-order valence-electron chi connectivity index (χ2n) is 4.35. The Balaban J connectivity index is 0.000000169. The molecule has 2 nitrogen and oxygen atoms in total. The zero-order chi connectivity index (χ0) is 12.2. The van der Waals surface area contributed by atoms with Crippen LogP contribution in [-0.2, 0) is 11.2 Å². The van der Waals surface area contributed by atoms with E-state index in [2.05, 4.69) is 58.3 Å². The Hall–Kier alpha value is -2.09. The van der Waals surface area contributed by atoms with Gasteiger partial charge in [-0.2, -0.15) is 0 Å². The summed E-state index contributed by atoms with van der Waals surface area (Å²) in [4.78, 5) is 3.74. The smallest absolute Gasteiger partial charge is 0.169 e. The zero-order valence-corrected chi connectivity index (χ0v) is 10.2. The molecule has 2 heteroatoms. The molecule has 0 amide bonds. The third-order valence-electron chi connectivity index (χ3n) is 3.15. The molecule has 0 unspecified atom stereocenters. The molecule has 2 aromatic carbocycles. The van der Waals surface area contributed by atoms with E-state index in [4.69, 9.17) is 0 Å². The van der Waals surface area contributed by atoms with Crippen LogP contribution in [-0.4, -0.2) is 19.6 Å². The summed E-state index contributed by atoms with van der Waals surface area (Å²) in [5.74, 6) is 0. The fourth-order valence-corrected chi connectivity index (χ4v) is 2.34. The molecule has 2 aliphatic rings. The first-order valence-electron chi connectivity index (χ1n) is 6.22. The van der Waals surface area contributed by atoms with E-state index in [0.717, 1.165) is 19.6 Å². The average Bonchev–Trinajstić information content (AvgIpc) is 2.99. The van der Waals surface area contributed by atoms with Crippen LogP contribution in [0.15, 0.2) is 47.5 Å². The van der Waals surface area contributed by atoms with E-state index in [1.165, 1.54) is 28.3 Å². The van der Waals surface area contributed by atoms with Gasteiger partial charge in [0, 0.05) is 0 Å². The maximum atomic E-state index is 4.65. The lowest BCUT2D eigenvalue weighted by molar-refractivity contribution is 0.361. The van der Waals surface area contributed by atoms with Crippen LogP contribution in [0.1, 0.15) is 11.1 Å². The van der Waals surface area contributed by atoms with E-state index in [1.807, 2.05) is 0 Å². The highest BCUT2D eigenvalue weighted by atomic mass is 16.5. The first-order valence-corrected chi connectivity index (χ1v) is 6.22. The van der Waals surface area contributed by atoms with Crippen molar-refractivity contribution in [1.82, 2.24) is 0 Å². The average molecular weight is 237 g/mol. The Morgan fingerprint density at radius 3 is 2.67 bits per heavy atom. The van der Waals surface area contributed by atoms with E-state index >= 15 is 0 Å². The molecule has 0 bridgehead atoms. The summed E-state index contributed by atoms with van der Waals surface area (Å²) >= 11 is 0. The van der Waals surface area contributed by atoms with E-state index in [1.54, 1.807) is 0 Å². The first-order chi connectivity index (χ1) is 8.95. The highest BCUT2D eigenvalue weighted by molar-refractivity contribution is 5.94. The topological polar surface area (TPSA) is 21.6 Å². The Morgan fingerprint density at radius 2 is 1.94 bits per heavy atom. The van der Waals surface area contributed by atoms with E-state index in [0.29, 0.717) is 0 Å². The van der Waals surface area contributed by atoms with Gasteiger partial charge in [-0.25, -0.2) is 0 Å². The molecule has 0 saturated carbocycles. The van der Waals surface area contributed by atoms with Gasteiger partial charge in [0.15, 0.2) is 6.40 Å². The molecule has 2 aromatic rings. The van der Waals surface area contributed by atoms with Crippen LogP contribution in [0.2, 0.25) is 0 Å². The van der Waals surface area contributed by atoms with Crippen molar-refractivity contribution < 1.29 is 4.74 Å². The van der Waals surface area contributed by atoms with Crippen molar-refractivity contribution in [2.24, 2.45) is 4.99 Å². The second kappa shape index (κ2) is 5.05. The molecule has 1 heterocycles. The summed E-state index contributed by atoms with van der Waals surface area (Å²) in [6.45, 7) is 1.62. The van der Waals surface area contributed by atoms with Crippen molar-refractivity contribution >= 4 is 23.2 Å². The number of rotatable bonds is 0. The maximum absolute atomic E-state index is 4.65. The van der Waals surface area contributed by atoms with Crippen molar-refractivity contribution in [3.63, 3.8) is 0 Å². The number of aliphatic imine (C=N–C) groups is 1. The summed E-state index contributed by atoms with van der Waals surface area (Å²) in [6, 6.07) is 13.0. The Morgan fingerprint density at radius 1 is 1.06 bits per heavy atom. The molecule has 18 heavy (non-hydrogen) atoms. The van der Waals surface area contributed by atoms with Gasteiger partial charge in [0.25, 0.3) is 0 Å². The monoisotopic (exact) mass is 237 g/mol. The highest BCUT2D eigenvalue weighted by Gasteiger charge is 2.06. The summed E-state index contributed by atoms with van der Waals surface area (Å²) in [7, 11) is 0. The summed E-state index contributed by atoms with van der Waals surface area (Å²) in [6.07, 6.45) is 7.01. The number of allylic oxidation sites excluding steroid dienone is 1. The molecule has 0 saturated heterocycles. The minimum Gasteiger partial charge on any atom is -0.482 e. The molecule has 1 aliphatic heterocycles. The predicted molar refractivity (Wildman–Crippen MR) is 76.0 cm³/mol. The van der Waals surface area contributed by atoms with Gasteiger partial charge in [-0.15, -0.1) is 0 Å². The molecular weight excluding hydrogens is 222 g/mol. The summed E-state index contributed by atoms with van der Waals surface area (Å²) in [5.41, 5.74) is 2.81. The minimum absolute atomic E-state index is 0.778. The number of nitrogens with zero attached hydrogens (tertiary/aromatic N) is 1. The van der Waals surface area contributed by atoms with Crippen LogP contribution in [0.3, 0.4) is 0 Å². The Kier molecular flexibility index (Phi) is 3.09.